The maximum absolute atomic E-state index is 11.0. The van der Waals surface area contributed by atoms with Crippen LogP contribution in [0.2, 0.25) is 0 Å². The standard InChI is InChI=1S/C25H27NO3/c26-23-14-18(9-12-24(27)28)13-22(25(23)29-16-17-5-1-2-6-17)21-11-10-19-7-3-4-8-20(19)15-21/h3-4,7-8,10-11,13-15,17H,1-2,5-6,9,12,16,26H2,(H,27,28). The minimum Gasteiger partial charge on any atom is -0.490 e. The van der Waals surface area contributed by atoms with Crippen LogP contribution in [0.5, 0.6) is 5.75 Å². The summed E-state index contributed by atoms with van der Waals surface area (Å²) in [6, 6.07) is 18.5. The topological polar surface area (TPSA) is 72.6 Å². The number of hydrogen-bond acceptors (Lipinski definition) is 3. The van der Waals surface area contributed by atoms with E-state index in [1.54, 1.807) is 0 Å². The monoisotopic (exact) mass is 389 g/mol. The molecule has 3 aromatic carbocycles. The van der Waals surface area contributed by atoms with Gasteiger partial charge in [0.25, 0.3) is 0 Å². The predicted molar refractivity (Wildman–Crippen MR) is 117 cm³/mol. The fourth-order valence-electron chi connectivity index (χ4n) is 4.22. The normalized spacial score (nSPS) is 14.3. The Bertz CT molecular complexity index is 1020. The lowest BCUT2D eigenvalue weighted by Gasteiger charge is -2.18. The third kappa shape index (κ3) is 4.53. The minimum atomic E-state index is -0.808. The van der Waals surface area contributed by atoms with Crippen molar-refractivity contribution in [1.82, 2.24) is 0 Å². The van der Waals surface area contributed by atoms with E-state index >= 15 is 0 Å². The summed E-state index contributed by atoms with van der Waals surface area (Å²) in [7, 11) is 0. The summed E-state index contributed by atoms with van der Waals surface area (Å²) in [5, 5.41) is 11.4. The number of carbonyl (C=O) groups is 1. The van der Waals surface area contributed by atoms with E-state index in [1.807, 2.05) is 24.3 Å². The number of carboxylic acid groups (broad SMARTS) is 1. The molecule has 0 saturated heterocycles. The molecular weight excluding hydrogens is 362 g/mol. The Morgan fingerprint density at radius 1 is 1.03 bits per heavy atom. The number of ether oxygens (including phenoxy) is 1. The Morgan fingerprint density at radius 2 is 1.79 bits per heavy atom. The maximum atomic E-state index is 11.0. The largest absolute Gasteiger partial charge is 0.490 e. The molecular formula is C25H27NO3. The number of benzene rings is 3. The number of aryl methyl sites for hydroxylation is 1. The van der Waals surface area contributed by atoms with Crippen LogP contribution in [0, 0.1) is 5.92 Å². The van der Waals surface area contributed by atoms with Crippen LogP contribution in [-0.2, 0) is 11.2 Å². The molecule has 0 radical (unpaired) electrons. The van der Waals surface area contributed by atoms with Crippen LogP contribution in [0.3, 0.4) is 0 Å². The third-order valence-electron chi connectivity index (χ3n) is 5.80. The summed E-state index contributed by atoms with van der Waals surface area (Å²) in [6.07, 6.45) is 5.50. The van der Waals surface area contributed by atoms with Gasteiger partial charge in [0.05, 0.1) is 12.3 Å². The van der Waals surface area contributed by atoms with Gasteiger partial charge in [0.15, 0.2) is 0 Å². The van der Waals surface area contributed by atoms with E-state index in [1.165, 1.54) is 31.1 Å². The number of nitrogen functional groups attached to an aromatic ring is 1. The minimum absolute atomic E-state index is 0.0822. The molecule has 0 spiro atoms. The molecule has 0 aromatic heterocycles. The molecule has 0 unspecified atom stereocenters. The summed E-state index contributed by atoms with van der Waals surface area (Å²) < 4.78 is 6.26. The molecule has 3 N–H and O–H groups in total. The average molecular weight is 389 g/mol. The molecule has 1 fully saturated rings. The second kappa shape index (κ2) is 8.56. The molecule has 0 amide bonds. The fraction of sp³-hybridized carbons (Fsp3) is 0.320. The molecule has 1 saturated carbocycles. The molecule has 4 nitrogen and oxygen atoms in total. The van der Waals surface area contributed by atoms with Crippen molar-refractivity contribution in [3.63, 3.8) is 0 Å². The predicted octanol–water partition coefficient (Wildman–Crippen LogP) is 5.68. The quantitative estimate of drug-likeness (QED) is 0.510. The second-order valence-corrected chi connectivity index (χ2v) is 7.98. The summed E-state index contributed by atoms with van der Waals surface area (Å²) >= 11 is 0. The van der Waals surface area contributed by atoms with E-state index in [0.717, 1.165) is 22.1 Å². The van der Waals surface area contributed by atoms with Crippen LogP contribution in [0.1, 0.15) is 37.7 Å². The summed E-state index contributed by atoms with van der Waals surface area (Å²) in [5.74, 6) is 0.495. The van der Waals surface area contributed by atoms with Crippen LogP contribution < -0.4 is 10.5 Å². The van der Waals surface area contributed by atoms with Gasteiger partial charge in [-0.15, -0.1) is 0 Å². The van der Waals surface area contributed by atoms with Crippen LogP contribution in [0.25, 0.3) is 21.9 Å². The summed E-state index contributed by atoms with van der Waals surface area (Å²) in [4.78, 5) is 11.0. The lowest BCUT2D eigenvalue weighted by atomic mass is 9.96. The molecule has 0 atom stereocenters. The molecule has 1 aliphatic rings. The highest BCUT2D eigenvalue weighted by molar-refractivity contribution is 5.89. The van der Waals surface area contributed by atoms with Gasteiger partial charge in [-0.1, -0.05) is 49.2 Å². The zero-order chi connectivity index (χ0) is 20.2. The van der Waals surface area contributed by atoms with Crippen molar-refractivity contribution in [2.75, 3.05) is 12.3 Å². The van der Waals surface area contributed by atoms with Gasteiger partial charge >= 0.3 is 5.97 Å². The Labute approximate surface area is 171 Å². The first kappa shape index (κ1) is 19.3. The van der Waals surface area contributed by atoms with Crippen LogP contribution in [0.4, 0.5) is 5.69 Å². The lowest BCUT2D eigenvalue weighted by Crippen LogP contribution is -2.10. The second-order valence-electron chi connectivity index (χ2n) is 7.98. The Kier molecular flexibility index (Phi) is 5.70. The highest BCUT2D eigenvalue weighted by Crippen LogP contribution is 2.39. The molecule has 150 valence electrons. The van der Waals surface area contributed by atoms with Crippen molar-refractivity contribution in [2.45, 2.75) is 38.5 Å². The number of hydrogen-bond donors (Lipinski definition) is 2. The lowest BCUT2D eigenvalue weighted by molar-refractivity contribution is -0.136. The third-order valence-corrected chi connectivity index (χ3v) is 5.80. The van der Waals surface area contributed by atoms with E-state index in [2.05, 4.69) is 30.3 Å². The number of fused-ring (bicyclic) bond motifs is 1. The zero-order valence-electron chi connectivity index (χ0n) is 16.6. The van der Waals surface area contributed by atoms with Gasteiger partial charge in [0, 0.05) is 12.0 Å². The number of rotatable bonds is 7. The van der Waals surface area contributed by atoms with E-state index in [-0.39, 0.29) is 6.42 Å². The molecule has 4 rings (SSSR count). The van der Waals surface area contributed by atoms with Gasteiger partial charge in [-0.3, -0.25) is 4.79 Å². The van der Waals surface area contributed by atoms with Crippen molar-refractivity contribution in [3.8, 4) is 16.9 Å². The molecule has 29 heavy (non-hydrogen) atoms. The first-order valence-electron chi connectivity index (χ1n) is 10.4. The highest BCUT2D eigenvalue weighted by Gasteiger charge is 2.19. The van der Waals surface area contributed by atoms with E-state index < -0.39 is 5.97 Å². The zero-order valence-corrected chi connectivity index (χ0v) is 16.6. The van der Waals surface area contributed by atoms with E-state index in [4.69, 9.17) is 15.6 Å². The SMILES string of the molecule is Nc1cc(CCC(=O)O)cc(-c2ccc3ccccc3c2)c1OCC1CCCC1. The molecule has 3 aromatic rings. The van der Waals surface area contributed by atoms with Gasteiger partial charge in [-0.05, 0) is 65.3 Å². The molecule has 0 bridgehead atoms. The molecule has 0 heterocycles. The number of carboxylic acids is 1. The van der Waals surface area contributed by atoms with Crippen LogP contribution in [0.15, 0.2) is 54.6 Å². The average Bonchev–Trinajstić information content (AvgIpc) is 3.24. The van der Waals surface area contributed by atoms with Gasteiger partial charge in [-0.25, -0.2) is 0 Å². The highest BCUT2D eigenvalue weighted by atomic mass is 16.5. The van der Waals surface area contributed by atoms with Crippen molar-refractivity contribution in [2.24, 2.45) is 5.92 Å². The first-order valence-corrected chi connectivity index (χ1v) is 10.4. The maximum Gasteiger partial charge on any atom is 0.303 e. The van der Waals surface area contributed by atoms with Gasteiger partial charge in [0.1, 0.15) is 5.75 Å². The molecule has 1 aliphatic carbocycles. The Balaban J connectivity index is 1.72. The van der Waals surface area contributed by atoms with Crippen molar-refractivity contribution in [1.29, 1.82) is 0 Å². The first-order chi connectivity index (χ1) is 14.1. The van der Waals surface area contributed by atoms with Gasteiger partial charge in [-0.2, -0.15) is 0 Å². The summed E-state index contributed by atoms with van der Waals surface area (Å²) in [6.45, 7) is 0.680. The Morgan fingerprint density at radius 3 is 2.55 bits per heavy atom. The molecule has 0 aliphatic heterocycles. The number of nitrogens with two attached hydrogens (primary N) is 1. The van der Waals surface area contributed by atoms with Crippen LogP contribution in [-0.4, -0.2) is 17.7 Å². The number of anilines is 1. The van der Waals surface area contributed by atoms with Gasteiger partial charge < -0.3 is 15.6 Å². The summed E-state index contributed by atoms with van der Waals surface area (Å²) in [5.41, 5.74) is 9.86. The fourth-order valence-corrected chi connectivity index (χ4v) is 4.22. The van der Waals surface area contributed by atoms with Crippen molar-refractivity contribution in [3.05, 3.63) is 60.2 Å². The number of aliphatic carboxylic acids is 1. The van der Waals surface area contributed by atoms with Crippen molar-refractivity contribution < 1.29 is 14.6 Å². The Hall–Kier alpha value is -3.01. The molecule has 4 heteroatoms. The smallest absolute Gasteiger partial charge is 0.303 e. The van der Waals surface area contributed by atoms with Crippen molar-refractivity contribution >= 4 is 22.4 Å². The van der Waals surface area contributed by atoms with Crippen LogP contribution >= 0.6 is 0 Å². The van der Waals surface area contributed by atoms with Gasteiger partial charge in [0.2, 0.25) is 0 Å². The van der Waals surface area contributed by atoms with E-state index in [0.29, 0.717) is 30.4 Å². The van der Waals surface area contributed by atoms with E-state index in [9.17, 15) is 4.79 Å².